The van der Waals surface area contributed by atoms with Crippen molar-refractivity contribution in [1.29, 1.82) is 10.5 Å². The van der Waals surface area contributed by atoms with E-state index < -0.39 is 11.7 Å². The van der Waals surface area contributed by atoms with Gasteiger partial charge in [0.25, 0.3) is 0 Å². The predicted octanol–water partition coefficient (Wildman–Crippen LogP) is 18.2. The molecule has 9 heteroatoms. The highest BCUT2D eigenvalue weighted by Gasteiger charge is 2.35. The van der Waals surface area contributed by atoms with Gasteiger partial charge < -0.3 is 18.3 Å². The summed E-state index contributed by atoms with van der Waals surface area (Å²) >= 11 is 0. The van der Waals surface area contributed by atoms with Gasteiger partial charge in [-0.05, 0) is 126 Å². The normalized spacial score (nSPS) is 12.0. The van der Waals surface area contributed by atoms with E-state index in [1.165, 1.54) is 12.1 Å². The molecule has 0 spiro atoms. The molecule has 0 aliphatic heterocycles. The summed E-state index contributed by atoms with van der Waals surface area (Å²) in [5, 5.41) is 29.1. The van der Waals surface area contributed by atoms with E-state index in [0.29, 0.717) is 27.9 Å². The summed E-state index contributed by atoms with van der Waals surface area (Å²) in [6, 6.07) is 82.1. The first kappa shape index (κ1) is 44.8. The van der Waals surface area contributed by atoms with Crippen molar-refractivity contribution in [1.82, 2.24) is 18.3 Å². The third kappa shape index (κ3) is 6.62. The third-order valence-corrected chi connectivity index (χ3v) is 15.6. The average Bonchev–Trinajstić information content (AvgIpc) is 4.29. The van der Waals surface area contributed by atoms with E-state index in [1.807, 2.05) is 97.1 Å². The molecule has 4 heterocycles. The fourth-order valence-electron chi connectivity index (χ4n) is 12.3. The highest BCUT2D eigenvalue weighted by atomic mass is 19.4. The summed E-state index contributed by atoms with van der Waals surface area (Å²) in [5.74, 6) is 0. The van der Waals surface area contributed by atoms with Gasteiger partial charge in [-0.1, -0.05) is 121 Å². The number of hydrogen-bond acceptors (Lipinski definition) is 2. The molecule has 0 N–H and O–H groups in total. The second-order valence-corrected chi connectivity index (χ2v) is 19.8. The molecule has 11 aromatic carbocycles. The van der Waals surface area contributed by atoms with Crippen LogP contribution >= 0.6 is 0 Å². The van der Waals surface area contributed by atoms with Crippen LogP contribution in [0.15, 0.2) is 237 Å². The van der Waals surface area contributed by atoms with Crippen LogP contribution < -0.4 is 0 Å². The zero-order chi connectivity index (χ0) is 52.4. The Morgan fingerprint density at radius 2 is 0.667 bits per heavy atom. The van der Waals surface area contributed by atoms with Crippen molar-refractivity contribution in [2.75, 3.05) is 0 Å². The lowest BCUT2D eigenvalue weighted by atomic mass is 9.92. The predicted molar refractivity (Wildman–Crippen MR) is 309 cm³/mol. The molecule has 366 valence electrons. The lowest BCUT2D eigenvalue weighted by molar-refractivity contribution is -0.137. The summed E-state index contributed by atoms with van der Waals surface area (Å²) in [6.45, 7) is 0. The summed E-state index contributed by atoms with van der Waals surface area (Å²) in [4.78, 5) is 0. The fraction of sp³-hybridized carbons (Fsp3) is 0.0145. The smallest absolute Gasteiger partial charge is 0.309 e. The second-order valence-electron chi connectivity index (χ2n) is 19.8. The van der Waals surface area contributed by atoms with E-state index >= 15 is 13.2 Å². The van der Waals surface area contributed by atoms with E-state index in [2.05, 4.69) is 146 Å². The summed E-state index contributed by atoms with van der Waals surface area (Å²) in [7, 11) is 0. The minimum atomic E-state index is -4.78. The maximum absolute atomic E-state index is 15.3. The van der Waals surface area contributed by atoms with Gasteiger partial charge in [0.2, 0.25) is 0 Å². The van der Waals surface area contributed by atoms with Gasteiger partial charge >= 0.3 is 6.18 Å². The van der Waals surface area contributed by atoms with Gasteiger partial charge in [0.05, 0.1) is 84.3 Å². The van der Waals surface area contributed by atoms with E-state index in [9.17, 15) is 10.5 Å². The molecule has 0 saturated carbocycles. The monoisotopic (exact) mass is 1010 g/mol. The van der Waals surface area contributed by atoms with E-state index in [-0.39, 0.29) is 11.1 Å². The zero-order valence-electron chi connectivity index (χ0n) is 41.3. The van der Waals surface area contributed by atoms with Gasteiger partial charge in [0.1, 0.15) is 0 Å². The minimum absolute atomic E-state index is 0.0726. The van der Waals surface area contributed by atoms with E-state index in [1.54, 1.807) is 6.07 Å². The topological polar surface area (TPSA) is 67.3 Å². The van der Waals surface area contributed by atoms with Crippen molar-refractivity contribution in [3.05, 3.63) is 253 Å². The van der Waals surface area contributed by atoms with Crippen LogP contribution in [0.1, 0.15) is 16.7 Å². The Labute approximate surface area is 443 Å². The molecule has 4 aromatic heterocycles. The van der Waals surface area contributed by atoms with Crippen LogP contribution in [-0.4, -0.2) is 18.3 Å². The summed E-state index contributed by atoms with van der Waals surface area (Å²) in [6.07, 6.45) is -4.78. The lowest BCUT2D eigenvalue weighted by Gasteiger charge is -2.21. The Kier molecular flexibility index (Phi) is 9.75. The number of fused-ring (bicyclic) bond motifs is 12. The van der Waals surface area contributed by atoms with Gasteiger partial charge in [-0.15, -0.1) is 0 Å². The molecule has 0 saturated heterocycles. The molecule has 15 aromatic rings. The molecular weight excluding hydrogens is 970 g/mol. The number of para-hydroxylation sites is 6. The molecule has 0 bridgehead atoms. The van der Waals surface area contributed by atoms with Gasteiger partial charge in [-0.3, -0.25) is 0 Å². The SMILES string of the molecule is N#Cc1ccc(-n2c3ccccc3c3cc4c5ccccc5n(-c5ccccc5)c4cc32)c(-c2cc(-c3ccc(C#N)cc3C(F)(F)F)ccc2-n2c3ccccc3c3cc4c5ccccc5n(-c5ccccc5)c4cc32)c1. The molecule has 0 fully saturated rings. The van der Waals surface area contributed by atoms with Crippen molar-refractivity contribution in [3.63, 3.8) is 0 Å². The molecule has 0 aliphatic carbocycles. The molecule has 0 unspecified atom stereocenters. The Morgan fingerprint density at radius 1 is 0.295 bits per heavy atom. The number of nitrogens with zero attached hydrogens (tertiary/aromatic N) is 6. The maximum atomic E-state index is 15.3. The number of nitriles is 2. The molecule has 6 nitrogen and oxygen atoms in total. The first-order chi connectivity index (χ1) is 38.2. The number of rotatable bonds is 6. The van der Waals surface area contributed by atoms with Crippen LogP contribution in [0.4, 0.5) is 13.2 Å². The Bertz CT molecular complexity index is 5100. The third-order valence-electron chi connectivity index (χ3n) is 15.6. The first-order valence-corrected chi connectivity index (χ1v) is 25.6. The number of halogens is 3. The van der Waals surface area contributed by atoms with Crippen LogP contribution in [0, 0.1) is 22.7 Å². The number of alkyl halides is 3. The number of benzene rings is 11. The maximum Gasteiger partial charge on any atom is 0.417 e. The summed E-state index contributed by atoms with van der Waals surface area (Å²) in [5.41, 5.74) is 12.0. The van der Waals surface area contributed by atoms with Gasteiger partial charge in [0.15, 0.2) is 0 Å². The zero-order valence-corrected chi connectivity index (χ0v) is 41.3. The molecule has 0 radical (unpaired) electrons. The number of hydrogen-bond donors (Lipinski definition) is 0. The fourth-order valence-corrected chi connectivity index (χ4v) is 12.3. The highest BCUT2D eigenvalue weighted by molar-refractivity contribution is 6.21. The Balaban J connectivity index is 1.08. The van der Waals surface area contributed by atoms with Crippen molar-refractivity contribution in [2.45, 2.75) is 6.18 Å². The molecular formula is C69H39F3N6. The minimum Gasteiger partial charge on any atom is -0.309 e. The van der Waals surface area contributed by atoms with Gasteiger partial charge in [0, 0.05) is 65.6 Å². The molecule has 15 rings (SSSR count). The summed E-state index contributed by atoms with van der Waals surface area (Å²) < 4.78 is 54.9. The highest BCUT2D eigenvalue weighted by Crippen LogP contribution is 2.47. The first-order valence-electron chi connectivity index (χ1n) is 25.6. The van der Waals surface area contributed by atoms with Crippen LogP contribution in [0.5, 0.6) is 0 Å². The Morgan fingerprint density at radius 3 is 1.12 bits per heavy atom. The van der Waals surface area contributed by atoms with Crippen molar-refractivity contribution < 1.29 is 13.2 Å². The standard InChI is InChI=1S/C69H39F3N6/c70-69(71,72)58-34-43(41-74)27-30-47(58)44-29-32-64(78-62-26-14-10-22-51(62)57-37-55-49-20-8-12-24-60(49)76(66(55)39-68(57)78)46-17-5-2-6-18-46)53(35-44)52-33-42(40-73)28-31-63(52)77-61-25-13-9-21-50(61)56-36-54-48-19-7-11-23-59(48)75(65(54)38-67(56)77)45-15-3-1-4-16-45/h1-39H. The van der Waals surface area contributed by atoms with Gasteiger partial charge in [-0.25, -0.2) is 0 Å². The van der Waals surface area contributed by atoms with Crippen molar-refractivity contribution in [2.24, 2.45) is 0 Å². The molecule has 0 amide bonds. The lowest BCUT2D eigenvalue weighted by Crippen LogP contribution is -2.08. The Hall–Kier alpha value is -10.6. The average molecular weight is 1010 g/mol. The second kappa shape index (κ2) is 17.0. The largest absolute Gasteiger partial charge is 0.417 e. The van der Waals surface area contributed by atoms with Crippen LogP contribution in [0.2, 0.25) is 0 Å². The molecule has 78 heavy (non-hydrogen) atoms. The van der Waals surface area contributed by atoms with Crippen molar-refractivity contribution >= 4 is 87.2 Å². The van der Waals surface area contributed by atoms with Crippen molar-refractivity contribution in [3.8, 4) is 57.1 Å². The van der Waals surface area contributed by atoms with Gasteiger partial charge in [-0.2, -0.15) is 23.7 Å². The molecule has 0 atom stereocenters. The van der Waals surface area contributed by atoms with Crippen LogP contribution in [-0.2, 0) is 6.18 Å². The number of aromatic nitrogens is 4. The van der Waals surface area contributed by atoms with E-state index in [4.69, 9.17) is 0 Å². The quantitative estimate of drug-likeness (QED) is 0.167. The molecule has 0 aliphatic rings. The van der Waals surface area contributed by atoms with E-state index in [0.717, 1.165) is 110 Å². The van der Waals surface area contributed by atoms with Crippen LogP contribution in [0.25, 0.3) is 132 Å². The van der Waals surface area contributed by atoms with Crippen LogP contribution in [0.3, 0.4) is 0 Å².